The first-order valence-corrected chi connectivity index (χ1v) is 9.69. The molecule has 0 atom stereocenters. The molecule has 0 aliphatic carbocycles. The summed E-state index contributed by atoms with van der Waals surface area (Å²) in [5, 5.41) is 20.5. The van der Waals surface area contributed by atoms with E-state index in [4.69, 9.17) is 21.1 Å². The molecule has 0 spiro atoms. The standard InChI is InChI=1S/C23H18ClN3O3/c24-21-18(16-7-2-1-3-8-16)10-5-11-19(21)23-27-26-22(30-23)17-9-4-6-15(12-17)13-25-14-20(28)29/h1-12,25H,13-14H2,(H,28,29). The smallest absolute Gasteiger partial charge is 0.317 e. The largest absolute Gasteiger partial charge is 0.480 e. The van der Waals surface area contributed by atoms with Gasteiger partial charge in [0.15, 0.2) is 0 Å². The fourth-order valence-corrected chi connectivity index (χ4v) is 3.43. The van der Waals surface area contributed by atoms with Gasteiger partial charge in [-0.3, -0.25) is 4.79 Å². The SMILES string of the molecule is O=C(O)CNCc1cccc(-c2nnc(-c3cccc(-c4ccccc4)c3Cl)o2)c1. The number of aliphatic carboxylic acids is 1. The second-order valence-corrected chi connectivity index (χ2v) is 7.02. The summed E-state index contributed by atoms with van der Waals surface area (Å²) in [6.45, 7) is 0.317. The van der Waals surface area contributed by atoms with Crippen LogP contribution in [-0.4, -0.2) is 27.8 Å². The van der Waals surface area contributed by atoms with Crippen molar-refractivity contribution in [1.29, 1.82) is 0 Å². The first kappa shape index (κ1) is 19.8. The predicted molar refractivity (Wildman–Crippen MR) is 115 cm³/mol. The molecule has 0 bridgehead atoms. The molecule has 0 aliphatic rings. The molecule has 30 heavy (non-hydrogen) atoms. The number of nitrogens with one attached hydrogen (secondary N) is 1. The maximum Gasteiger partial charge on any atom is 0.317 e. The molecule has 4 rings (SSSR count). The van der Waals surface area contributed by atoms with Gasteiger partial charge in [0.2, 0.25) is 11.8 Å². The third-order valence-corrected chi connectivity index (χ3v) is 4.93. The fourth-order valence-electron chi connectivity index (χ4n) is 3.11. The van der Waals surface area contributed by atoms with Crippen LogP contribution < -0.4 is 5.32 Å². The van der Waals surface area contributed by atoms with E-state index in [-0.39, 0.29) is 6.54 Å². The molecule has 0 fully saturated rings. The van der Waals surface area contributed by atoms with Crippen molar-refractivity contribution in [1.82, 2.24) is 15.5 Å². The van der Waals surface area contributed by atoms with Gasteiger partial charge < -0.3 is 14.8 Å². The molecule has 1 aromatic heterocycles. The number of rotatable bonds is 7. The van der Waals surface area contributed by atoms with Crippen molar-refractivity contribution in [2.24, 2.45) is 0 Å². The maximum absolute atomic E-state index is 10.7. The van der Waals surface area contributed by atoms with Crippen molar-refractivity contribution < 1.29 is 14.3 Å². The minimum absolute atomic E-state index is 0.106. The molecule has 6 nitrogen and oxygen atoms in total. The number of halogens is 1. The van der Waals surface area contributed by atoms with E-state index in [9.17, 15) is 4.79 Å². The van der Waals surface area contributed by atoms with Crippen LogP contribution in [0.15, 0.2) is 77.2 Å². The van der Waals surface area contributed by atoms with Gasteiger partial charge in [0, 0.05) is 17.7 Å². The third-order valence-electron chi connectivity index (χ3n) is 4.52. The summed E-state index contributed by atoms with van der Waals surface area (Å²) in [5.74, 6) is -0.198. The van der Waals surface area contributed by atoms with Crippen molar-refractivity contribution in [3.63, 3.8) is 0 Å². The molecule has 0 radical (unpaired) electrons. The summed E-state index contributed by atoms with van der Waals surface area (Å²) in [6, 6.07) is 23.1. The van der Waals surface area contributed by atoms with Gasteiger partial charge >= 0.3 is 5.97 Å². The molecular formula is C23H18ClN3O3. The van der Waals surface area contributed by atoms with Crippen LogP contribution in [0.1, 0.15) is 5.56 Å². The van der Waals surface area contributed by atoms with Crippen LogP contribution in [-0.2, 0) is 11.3 Å². The molecule has 1 heterocycles. The highest BCUT2D eigenvalue weighted by Gasteiger charge is 2.16. The van der Waals surface area contributed by atoms with Crippen molar-refractivity contribution in [2.45, 2.75) is 6.54 Å². The zero-order chi connectivity index (χ0) is 20.9. The summed E-state index contributed by atoms with van der Waals surface area (Å²) in [4.78, 5) is 10.7. The summed E-state index contributed by atoms with van der Waals surface area (Å²) in [5.41, 5.74) is 4.22. The average molecular weight is 420 g/mol. The van der Waals surface area contributed by atoms with Gasteiger partial charge in [-0.05, 0) is 29.3 Å². The van der Waals surface area contributed by atoms with Crippen LogP contribution in [0.3, 0.4) is 0 Å². The summed E-state index contributed by atoms with van der Waals surface area (Å²) in [7, 11) is 0. The van der Waals surface area contributed by atoms with E-state index < -0.39 is 5.97 Å². The number of carboxylic acids is 1. The van der Waals surface area contributed by atoms with Gasteiger partial charge in [-0.1, -0.05) is 66.2 Å². The molecule has 0 amide bonds. The highest BCUT2D eigenvalue weighted by molar-refractivity contribution is 6.35. The molecule has 2 N–H and O–H groups in total. The molecule has 3 aromatic carbocycles. The number of benzene rings is 3. The lowest BCUT2D eigenvalue weighted by molar-refractivity contribution is -0.135. The summed E-state index contributed by atoms with van der Waals surface area (Å²) in [6.07, 6.45) is 0. The first-order chi connectivity index (χ1) is 14.6. The van der Waals surface area contributed by atoms with E-state index in [1.807, 2.05) is 72.8 Å². The van der Waals surface area contributed by atoms with Crippen molar-refractivity contribution in [3.05, 3.63) is 83.4 Å². The van der Waals surface area contributed by atoms with Gasteiger partial charge in [0.1, 0.15) is 0 Å². The minimum atomic E-state index is -0.901. The Bertz CT molecular complexity index is 1180. The molecule has 0 saturated heterocycles. The second-order valence-electron chi connectivity index (χ2n) is 6.64. The van der Waals surface area contributed by atoms with Crippen LogP contribution in [0, 0.1) is 0 Å². The Morgan fingerprint density at radius 1 is 0.900 bits per heavy atom. The maximum atomic E-state index is 10.7. The van der Waals surface area contributed by atoms with Gasteiger partial charge in [-0.25, -0.2) is 0 Å². The van der Waals surface area contributed by atoms with E-state index in [0.717, 1.165) is 22.3 Å². The number of hydrogen-bond acceptors (Lipinski definition) is 5. The second kappa shape index (κ2) is 8.90. The van der Waals surface area contributed by atoms with E-state index in [1.165, 1.54) is 0 Å². The Morgan fingerprint density at radius 3 is 2.40 bits per heavy atom. The highest BCUT2D eigenvalue weighted by atomic mass is 35.5. The molecule has 0 aliphatic heterocycles. The van der Waals surface area contributed by atoms with Crippen LogP contribution in [0.4, 0.5) is 0 Å². The normalized spacial score (nSPS) is 10.8. The Morgan fingerprint density at radius 2 is 1.60 bits per heavy atom. The van der Waals surface area contributed by atoms with Crippen molar-refractivity contribution in [2.75, 3.05) is 6.54 Å². The van der Waals surface area contributed by atoms with Crippen LogP contribution in [0.2, 0.25) is 5.02 Å². The lowest BCUT2D eigenvalue weighted by atomic mass is 10.0. The molecular weight excluding hydrogens is 402 g/mol. The first-order valence-electron chi connectivity index (χ1n) is 9.31. The summed E-state index contributed by atoms with van der Waals surface area (Å²) >= 11 is 6.66. The minimum Gasteiger partial charge on any atom is -0.480 e. The van der Waals surface area contributed by atoms with E-state index in [2.05, 4.69) is 15.5 Å². The van der Waals surface area contributed by atoms with Crippen LogP contribution in [0.25, 0.3) is 34.0 Å². The number of hydrogen-bond donors (Lipinski definition) is 2. The topological polar surface area (TPSA) is 88.2 Å². The molecule has 0 unspecified atom stereocenters. The Hall–Kier alpha value is -3.48. The Labute approximate surface area is 178 Å². The van der Waals surface area contributed by atoms with Gasteiger partial charge in [0.25, 0.3) is 0 Å². The lowest BCUT2D eigenvalue weighted by Crippen LogP contribution is -2.21. The number of nitrogens with zero attached hydrogens (tertiary/aromatic N) is 2. The lowest BCUT2D eigenvalue weighted by Gasteiger charge is -2.07. The van der Waals surface area contributed by atoms with E-state index >= 15 is 0 Å². The summed E-state index contributed by atoms with van der Waals surface area (Å²) < 4.78 is 5.90. The zero-order valence-corrected chi connectivity index (χ0v) is 16.6. The van der Waals surface area contributed by atoms with Crippen LogP contribution in [0.5, 0.6) is 0 Å². The third kappa shape index (κ3) is 4.40. The number of carboxylic acid groups (broad SMARTS) is 1. The van der Waals surface area contributed by atoms with Gasteiger partial charge in [-0.15, -0.1) is 10.2 Å². The number of aromatic nitrogens is 2. The van der Waals surface area contributed by atoms with Crippen LogP contribution >= 0.6 is 11.6 Å². The number of carbonyl (C=O) groups is 1. The van der Waals surface area contributed by atoms with Gasteiger partial charge in [-0.2, -0.15) is 0 Å². The molecule has 150 valence electrons. The molecule has 4 aromatic rings. The monoisotopic (exact) mass is 419 g/mol. The van der Waals surface area contributed by atoms with Crippen molar-refractivity contribution in [3.8, 4) is 34.0 Å². The fraction of sp³-hybridized carbons (Fsp3) is 0.0870. The highest BCUT2D eigenvalue weighted by Crippen LogP contribution is 2.36. The van der Waals surface area contributed by atoms with E-state index in [0.29, 0.717) is 28.9 Å². The quantitative estimate of drug-likeness (QED) is 0.443. The van der Waals surface area contributed by atoms with Crippen molar-refractivity contribution >= 4 is 17.6 Å². The van der Waals surface area contributed by atoms with E-state index in [1.54, 1.807) is 0 Å². The molecule has 7 heteroatoms. The predicted octanol–water partition coefficient (Wildman–Crippen LogP) is 4.90. The average Bonchev–Trinajstić information content (AvgIpc) is 3.25. The van der Waals surface area contributed by atoms with Gasteiger partial charge in [0.05, 0.1) is 17.1 Å². The zero-order valence-electron chi connectivity index (χ0n) is 15.9. The Balaban J connectivity index is 1.60. The Kier molecular flexibility index (Phi) is 5.88. The molecule has 0 saturated carbocycles.